The van der Waals surface area contributed by atoms with Crippen molar-refractivity contribution in [2.45, 2.75) is 0 Å². The van der Waals surface area contributed by atoms with E-state index in [0.717, 1.165) is 45.5 Å². The van der Waals surface area contributed by atoms with Gasteiger partial charge < -0.3 is 14.2 Å². The minimum absolute atomic E-state index is 0.807. The van der Waals surface area contributed by atoms with E-state index in [0.29, 0.717) is 0 Å². The highest BCUT2D eigenvalue weighted by molar-refractivity contribution is 5.72. The standard InChI is InChI=1S/C26H24N2O3/c1-29-23-12-5-19(6-13-23)4-9-21-18-26(20-7-14-24(30-2)15-8-20)28(27-21)22-10-16-25(31-3)17-11-22/h4-18H,1-3H3/b9-4+. The number of hydrogen-bond acceptors (Lipinski definition) is 4. The van der Waals surface area contributed by atoms with Gasteiger partial charge in [0.2, 0.25) is 0 Å². The fourth-order valence-corrected chi connectivity index (χ4v) is 3.27. The predicted octanol–water partition coefficient (Wildman–Crippen LogP) is 5.74. The van der Waals surface area contributed by atoms with E-state index in [9.17, 15) is 0 Å². The Labute approximate surface area is 182 Å². The average molecular weight is 412 g/mol. The molecule has 156 valence electrons. The van der Waals surface area contributed by atoms with E-state index in [4.69, 9.17) is 19.3 Å². The van der Waals surface area contributed by atoms with E-state index in [2.05, 4.69) is 6.07 Å². The smallest absolute Gasteiger partial charge is 0.119 e. The number of nitrogens with zero attached hydrogens (tertiary/aromatic N) is 2. The van der Waals surface area contributed by atoms with Crippen molar-refractivity contribution in [2.75, 3.05) is 21.3 Å². The molecule has 0 aliphatic rings. The summed E-state index contributed by atoms with van der Waals surface area (Å²) in [6, 6.07) is 25.8. The van der Waals surface area contributed by atoms with Crippen molar-refractivity contribution in [3.8, 4) is 34.2 Å². The molecule has 0 amide bonds. The van der Waals surface area contributed by atoms with E-state index < -0.39 is 0 Å². The van der Waals surface area contributed by atoms with Crippen LogP contribution in [0.1, 0.15) is 11.3 Å². The van der Waals surface area contributed by atoms with Crippen molar-refractivity contribution >= 4 is 12.2 Å². The molecule has 0 aliphatic heterocycles. The summed E-state index contributed by atoms with van der Waals surface area (Å²) in [5, 5.41) is 4.84. The summed E-state index contributed by atoms with van der Waals surface area (Å²) >= 11 is 0. The minimum atomic E-state index is 0.807. The molecule has 31 heavy (non-hydrogen) atoms. The highest BCUT2D eigenvalue weighted by atomic mass is 16.5. The molecule has 1 heterocycles. The zero-order chi connectivity index (χ0) is 21.6. The van der Waals surface area contributed by atoms with E-state index in [1.807, 2.05) is 89.6 Å². The molecule has 5 heteroatoms. The molecule has 0 radical (unpaired) electrons. The first-order valence-electron chi connectivity index (χ1n) is 9.91. The Morgan fingerprint density at radius 2 is 1.16 bits per heavy atom. The molecule has 0 bridgehead atoms. The highest BCUT2D eigenvalue weighted by Gasteiger charge is 2.11. The van der Waals surface area contributed by atoms with Gasteiger partial charge in [-0.15, -0.1) is 0 Å². The quantitative estimate of drug-likeness (QED) is 0.389. The molecule has 0 atom stereocenters. The zero-order valence-corrected chi connectivity index (χ0v) is 17.8. The summed E-state index contributed by atoms with van der Waals surface area (Å²) in [6.07, 6.45) is 4.05. The fraction of sp³-hybridized carbons (Fsp3) is 0.115. The first kappa shape index (κ1) is 20.3. The van der Waals surface area contributed by atoms with E-state index >= 15 is 0 Å². The number of aromatic nitrogens is 2. The molecule has 1 aromatic heterocycles. The zero-order valence-electron chi connectivity index (χ0n) is 17.8. The Morgan fingerprint density at radius 3 is 1.71 bits per heavy atom. The summed E-state index contributed by atoms with van der Waals surface area (Å²) in [7, 11) is 4.99. The maximum absolute atomic E-state index is 5.30. The molecule has 4 aromatic rings. The molecular weight excluding hydrogens is 388 g/mol. The average Bonchev–Trinajstić information content (AvgIpc) is 3.27. The fourth-order valence-electron chi connectivity index (χ4n) is 3.27. The van der Waals surface area contributed by atoms with Crippen molar-refractivity contribution < 1.29 is 14.2 Å². The highest BCUT2D eigenvalue weighted by Crippen LogP contribution is 2.27. The Balaban J connectivity index is 1.72. The van der Waals surface area contributed by atoms with Crippen molar-refractivity contribution in [3.63, 3.8) is 0 Å². The number of ether oxygens (including phenoxy) is 3. The Kier molecular flexibility index (Phi) is 6.03. The lowest BCUT2D eigenvalue weighted by Gasteiger charge is -2.09. The molecule has 0 spiro atoms. The SMILES string of the molecule is COc1ccc(/C=C/c2cc(-c3ccc(OC)cc3)n(-c3ccc(OC)cc3)n2)cc1. The van der Waals surface area contributed by atoms with Crippen molar-refractivity contribution in [2.24, 2.45) is 0 Å². The molecule has 4 rings (SSSR count). The molecule has 5 nitrogen and oxygen atoms in total. The Hall–Kier alpha value is -3.99. The third kappa shape index (κ3) is 4.61. The van der Waals surface area contributed by atoms with Gasteiger partial charge in [-0.2, -0.15) is 5.10 Å². The van der Waals surface area contributed by atoms with Gasteiger partial charge in [0.05, 0.1) is 38.4 Å². The van der Waals surface area contributed by atoms with Gasteiger partial charge in [0.1, 0.15) is 17.2 Å². The first-order chi connectivity index (χ1) is 15.2. The van der Waals surface area contributed by atoms with Gasteiger partial charge in [-0.3, -0.25) is 0 Å². The van der Waals surface area contributed by atoms with E-state index in [1.54, 1.807) is 21.3 Å². The predicted molar refractivity (Wildman–Crippen MR) is 124 cm³/mol. The summed E-state index contributed by atoms with van der Waals surface area (Å²) in [4.78, 5) is 0. The molecule has 0 fully saturated rings. The third-order valence-electron chi connectivity index (χ3n) is 4.99. The van der Waals surface area contributed by atoms with Crippen LogP contribution in [0.15, 0.2) is 78.9 Å². The molecule has 0 aliphatic carbocycles. The molecule has 0 saturated carbocycles. The maximum atomic E-state index is 5.30. The lowest BCUT2D eigenvalue weighted by atomic mass is 10.1. The summed E-state index contributed by atoms with van der Waals surface area (Å²) < 4.78 is 17.8. The Morgan fingerprint density at radius 1 is 0.645 bits per heavy atom. The van der Waals surface area contributed by atoms with Gasteiger partial charge in [0, 0.05) is 5.56 Å². The second-order valence-corrected chi connectivity index (χ2v) is 6.90. The van der Waals surface area contributed by atoms with Crippen LogP contribution >= 0.6 is 0 Å². The number of hydrogen-bond donors (Lipinski definition) is 0. The lowest BCUT2D eigenvalue weighted by Crippen LogP contribution is -1.99. The third-order valence-corrected chi connectivity index (χ3v) is 4.99. The molecule has 0 saturated heterocycles. The lowest BCUT2D eigenvalue weighted by molar-refractivity contribution is 0.414. The minimum Gasteiger partial charge on any atom is -0.497 e. The van der Waals surface area contributed by atoms with Gasteiger partial charge >= 0.3 is 0 Å². The molecule has 0 unspecified atom stereocenters. The van der Waals surface area contributed by atoms with Crippen LogP contribution in [0.5, 0.6) is 17.2 Å². The van der Waals surface area contributed by atoms with Gasteiger partial charge in [-0.1, -0.05) is 18.2 Å². The Bertz CT molecular complexity index is 1090. The number of methoxy groups -OCH3 is 3. The van der Waals surface area contributed by atoms with Gasteiger partial charge in [0.15, 0.2) is 0 Å². The van der Waals surface area contributed by atoms with Crippen LogP contribution in [0.3, 0.4) is 0 Å². The van der Waals surface area contributed by atoms with Crippen LogP contribution in [0.4, 0.5) is 0 Å². The van der Waals surface area contributed by atoms with Gasteiger partial charge in [0.25, 0.3) is 0 Å². The van der Waals surface area contributed by atoms with Crippen molar-refractivity contribution in [3.05, 3.63) is 90.1 Å². The summed E-state index contributed by atoms with van der Waals surface area (Å²) in [6.45, 7) is 0. The monoisotopic (exact) mass is 412 g/mol. The van der Waals surface area contributed by atoms with Gasteiger partial charge in [-0.05, 0) is 78.4 Å². The van der Waals surface area contributed by atoms with E-state index in [1.165, 1.54) is 0 Å². The summed E-state index contributed by atoms with van der Waals surface area (Å²) in [5.41, 5.74) is 4.93. The largest absolute Gasteiger partial charge is 0.497 e. The second-order valence-electron chi connectivity index (χ2n) is 6.90. The number of benzene rings is 3. The first-order valence-corrected chi connectivity index (χ1v) is 9.91. The van der Waals surface area contributed by atoms with Crippen molar-refractivity contribution in [1.29, 1.82) is 0 Å². The number of rotatable bonds is 7. The van der Waals surface area contributed by atoms with Crippen LogP contribution in [-0.4, -0.2) is 31.1 Å². The van der Waals surface area contributed by atoms with Crippen molar-refractivity contribution in [1.82, 2.24) is 9.78 Å². The second kappa shape index (κ2) is 9.22. The van der Waals surface area contributed by atoms with Crippen LogP contribution in [0, 0.1) is 0 Å². The molecular formula is C26H24N2O3. The van der Waals surface area contributed by atoms with Gasteiger partial charge in [-0.25, -0.2) is 4.68 Å². The van der Waals surface area contributed by atoms with Crippen LogP contribution in [0.2, 0.25) is 0 Å². The van der Waals surface area contributed by atoms with Crippen LogP contribution in [0.25, 0.3) is 29.1 Å². The molecule has 3 aromatic carbocycles. The van der Waals surface area contributed by atoms with Crippen LogP contribution in [-0.2, 0) is 0 Å². The maximum Gasteiger partial charge on any atom is 0.119 e. The normalized spacial score (nSPS) is 10.9. The molecule has 0 N–H and O–H groups in total. The summed E-state index contributed by atoms with van der Waals surface area (Å²) in [5.74, 6) is 2.46. The van der Waals surface area contributed by atoms with Crippen LogP contribution < -0.4 is 14.2 Å². The van der Waals surface area contributed by atoms with E-state index in [-0.39, 0.29) is 0 Å². The topological polar surface area (TPSA) is 45.5 Å².